The molecular formula is C13H12BrN3O. The van der Waals surface area contributed by atoms with Crippen LogP contribution in [-0.4, -0.2) is 30.5 Å². The Morgan fingerprint density at radius 1 is 1.33 bits per heavy atom. The number of anilines is 1. The molecule has 0 atom stereocenters. The second kappa shape index (κ2) is 4.57. The molecule has 1 N–H and O–H groups in total. The molecule has 1 saturated heterocycles. The number of carbonyl (C=O) groups excluding carboxylic acids is 1. The molecule has 5 heteroatoms. The van der Waals surface area contributed by atoms with Crippen LogP contribution in [0.1, 0.15) is 0 Å². The standard InChI is InChI=1S/C13H12BrN3O/c14-9-1-2-10-11(7-9)15-4-3-12(10)17-6-5-16-13(18)8-17/h1-4,7H,5-6,8H2,(H,16,18). The molecule has 18 heavy (non-hydrogen) atoms. The average molecular weight is 306 g/mol. The molecule has 1 aliphatic heterocycles. The Balaban J connectivity index is 2.08. The summed E-state index contributed by atoms with van der Waals surface area (Å²) < 4.78 is 1.01. The fourth-order valence-corrected chi connectivity index (χ4v) is 2.58. The molecule has 1 aromatic heterocycles. The van der Waals surface area contributed by atoms with Crippen molar-refractivity contribution in [2.75, 3.05) is 24.5 Å². The van der Waals surface area contributed by atoms with Crippen LogP contribution in [-0.2, 0) is 4.79 Å². The van der Waals surface area contributed by atoms with Crippen molar-refractivity contribution in [1.82, 2.24) is 10.3 Å². The van der Waals surface area contributed by atoms with E-state index in [-0.39, 0.29) is 5.91 Å². The third-order valence-corrected chi connectivity index (χ3v) is 3.55. The highest BCUT2D eigenvalue weighted by atomic mass is 79.9. The number of piperazine rings is 1. The lowest BCUT2D eigenvalue weighted by Crippen LogP contribution is -2.47. The van der Waals surface area contributed by atoms with Crippen molar-refractivity contribution in [2.45, 2.75) is 0 Å². The van der Waals surface area contributed by atoms with E-state index in [1.54, 1.807) is 6.20 Å². The summed E-state index contributed by atoms with van der Waals surface area (Å²) in [6, 6.07) is 7.99. The van der Waals surface area contributed by atoms with Crippen LogP contribution in [0.25, 0.3) is 10.9 Å². The molecule has 0 radical (unpaired) electrons. The molecule has 1 fully saturated rings. The van der Waals surface area contributed by atoms with Crippen LogP contribution in [0.4, 0.5) is 5.69 Å². The molecule has 0 aliphatic carbocycles. The smallest absolute Gasteiger partial charge is 0.239 e. The second-order valence-corrected chi connectivity index (χ2v) is 5.18. The van der Waals surface area contributed by atoms with Gasteiger partial charge in [0, 0.05) is 34.8 Å². The SMILES string of the molecule is O=C1CN(c2ccnc3cc(Br)ccc23)CCN1. The molecule has 0 bridgehead atoms. The van der Waals surface area contributed by atoms with Crippen molar-refractivity contribution < 1.29 is 4.79 Å². The van der Waals surface area contributed by atoms with Crippen molar-refractivity contribution in [3.8, 4) is 0 Å². The van der Waals surface area contributed by atoms with Crippen molar-refractivity contribution in [3.05, 3.63) is 34.9 Å². The first-order valence-electron chi connectivity index (χ1n) is 5.80. The normalized spacial score (nSPS) is 15.8. The predicted octanol–water partition coefficient (Wildman–Crippen LogP) is 1.93. The zero-order valence-electron chi connectivity index (χ0n) is 9.69. The molecule has 92 valence electrons. The Labute approximate surface area is 113 Å². The lowest BCUT2D eigenvalue weighted by molar-refractivity contribution is -0.120. The van der Waals surface area contributed by atoms with Crippen LogP contribution in [0.3, 0.4) is 0 Å². The van der Waals surface area contributed by atoms with Crippen molar-refractivity contribution in [1.29, 1.82) is 0 Å². The van der Waals surface area contributed by atoms with Crippen LogP contribution in [0.15, 0.2) is 34.9 Å². The summed E-state index contributed by atoms with van der Waals surface area (Å²) >= 11 is 3.44. The van der Waals surface area contributed by atoms with Gasteiger partial charge in [-0.3, -0.25) is 9.78 Å². The lowest BCUT2D eigenvalue weighted by atomic mass is 10.1. The number of benzene rings is 1. The maximum absolute atomic E-state index is 11.5. The molecule has 1 aromatic carbocycles. The van der Waals surface area contributed by atoms with Crippen LogP contribution < -0.4 is 10.2 Å². The fourth-order valence-electron chi connectivity index (χ4n) is 2.23. The number of hydrogen-bond acceptors (Lipinski definition) is 3. The average Bonchev–Trinajstić information content (AvgIpc) is 2.37. The van der Waals surface area contributed by atoms with Gasteiger partial charge in [0.2, 0.25) is 5.91 Å². The van der Waals surface area contributed by atoms with Gasteiger partial charge in [0.15, 0.2) is 0 Å². The predicted molar refractivity (Wildman–Crippen MR) is 74.7 cm³/mol. The zero-order chi connectivity index (χ0) is 12.5. The number of carbonyl (C=O) groups is 1. The molecule has 2 heterocycles. The summed E-state index contributed by atoms with van der Waals surface area (Å²) in [6.45, 7) is 1.94. The number of aromatic nitrogens is 1. The van der Waals surface area contributed by atoms with Gasteiger partial charge in [0.05, 0.1) is 12.1 Å². The van der Waals surface area contributed by atoms with E-state index in [9.17, 15) is 4.79 Å². The Bertz CT molecular complexity index is 614. The molecule has 0 saturated carbocycles. The Kier molecular flexibility index (Phi) is 2.91. The van der Waals surface area contributed by atoms with Gasteiger partial charge in [0.25, 0.3) is 0 Å². The molecule has 4 nitrogen and oxygen atoms in total. The van der Waals surface area contributed by atoms with Gasteiger partial charge in [-0.05, 0) is 24.3 Å². The van der Waals surface area contributed by atoms with Crippen molar-refractivity contribution in [3.63, 3.8) is 0 Å². The van der Waals surface area contributed by atoms with Gasteiger partial charge in [-0.1, -0.05) is 15.9 Å². The zero-order valence-corrected chi connectivity index (χ0v) is 11.3. The number of amides is 1. The maximum Gasteiger partial charge on any atom is 0.239 e. The van der Waals surface area contributed by atoms with Crippen molar-refractivity contribution >= 4 is 38.4 Å². The molecule has 0 unspecified atom stereocenters. The van der Waals surface area contributed by atoms with Gasteiger partial charge >= 0.3 is 0 Å². The van der Waals surface area contributed by atoms with E-state index in [1.807, 2.05) is 24.3 Å². The maximum atomic E-state index is 11.5. The first kappa shape index (κ1) is 11.5. The topological polar surface area (TPSA) is 45.2 Å². The summed E-state index contributed by atoms with van der Waals surface area (Å²) in [5, 5.41) is 3.91. The molecule has 0 spiro atoms. The van der Waals surface area contributed by atoms with E-state index in [4.69, 9.17) is 0 Å². The van der Waals surface area contributed by atoms with Gasteiger partial charge in [-0.2, -0.15) is 0 Å². The molecule has 2 aromatic rings. The highest BCUT2D eigenvalue weighted by Gasteiger charge is 2.18. The van der Waals surface area contributed by atoms with Crippen LogP contribution in [0, 0.1) is 0 Å². The minimum Gasteiger partial charge on any atom is -0.360 e. The minimum absolute atomic E-state index is 0.0725. The van der Waals surface area contributed by atoms with Gasteiger partial charge in [0.1, 0.15) is 0 Å². The second-order valence-electron chi connectivity index (χ2n) is 4.26. The lowest BCUT2D eigenvalue weighted by Gasteiger charge is -2.29. The number of halogens is 1. The molecule has 3 rings (SSSR count). The number of nitrogens with zero attached hydrogens (tertiary/aromatic N) is 2. The van der Waals surface area contributed by atoms with E-state index >= 15 is 0 Å². The van der Waals surface area contributed by atoms with Crippen LogP contribution in [0.5, 0.6) is 0 Å². The summed E-state index contributed by atoms with van der Waals surface area (Å²) in [7, 11) is 0. The number of hydrogen-bond donors (Lipinski definition) is 1. The number of fused-ring (bicyclic) bond motifs is 1. The van der Waals surface area contributed by atoms with Gasteiger partial charge in [-0.15, -0.1) is 0 Å². The Hall–Kier alpha value is -1.62. The van der Waals surface area contributed by atoms with E-state index < -0.39 is 0 Å². The van der Waals surface area contributed by atoms with E-state index in [0.717, 1.165) is 27.6 Å². The van der Waals surface area contributed by atoms with E-state index in [1.165, 1.54) is 0 Å². The highest BCUT2D eigenvalue weighted by molar-refractivity contribution is 9.10. The number of rotatable bonds is 1. The van der Waals surface area contributed by atoms with E-state index in [2.05, 4.69) is 31.1 Å². The highest BCUT2D eigenvalue weighted by Crippen LogP contribution is 2.27. The van der Waals surface area contributed by atoms with Crippen LogP contribution >= 0.6 is 15.9 Å². The molecule has 1 amide bonds. The summed E-state index contributed by atoms with van der Waals surface area (Å²) in [4.78, 5) is 17.9. The molecule has 1 aliphatic rings. The quantitative estimate of drug-likeness (QED) is 0.876. The Morgan fingerprint density at radius 2 is 2.22 bits per heavy atom. The number of pyridine rings is 1. The summed E-state index contributed by atoms with van der Waals surface area (Å²) in [6.07, 6.45) is 1.79. The Morgan fingerprint density at radius 3 is 3.06 bits per heavy atom. The first-order valence-corrected chi connectivity index (χ1v) is 6.59. The summed E-state index contributed by atoms with van der Waals surface area (Å²) in [5.74, 6) is 0.0725. The van der Waals surface area contributed by atoms with Gasteiger partial charge < -0.3 is 10.2 Å². The summed E-state index contributed by atoms with van der Waals surface area (Å²) in [5.41, 5.74) is 2.01. The molecular weight excluding hydrogens is 294 g/mol. The number of nitrogens with one attached hydrogen (secondary N) is 1. The third-order valence-electron chi connectivity index (χ3n) is 3.06. The first-order chi connectivity index (χ1) is 8.74. The van der Waals surface area contributed by atoms with Crippen molar-refractivity contribution in [2.24, 2.45) is 0 Å². The minimum atomic E-state index is 0.0725. The fraction of sp³-hybridized carbons (Fsp3) is 0.231. The van der Waals surface area contributed by atoms with Crippen LogP contribution in [0.2, 0.25) is 0 Å². The van der Waals surface area contributed by atoms with E-state index in [0.29, 0.717) is 13.1 Å². The monoisotopic (exact) mass is 305 g/mol. The third kappa shape index (κ3) is 2.06. The van der Waals surface area contributed by atoms with Gasteiger partial charge in [-0.25, -0.2) is 0 Å². The largest absolute Gasteiger partial charge is 0.360 e.